The maximum Gasteiger partial charge on any atom is 0.321 e. The number of methoxy groups -OCH3 is 1. The van der Waals surface area contributed by atoms with E-state index in [2.05, 4.69) is 5.32 Å². The number of amides is 2. The molecule has 0 atom stereocenters. The molecule has 32 heavy (non-hydrogen) atoms. The summed E-state index contributed by atoms with van der Waals surface area (Å²) in [6, 6.07) is 16.4. The largest absolute Gasteiger partial charge is 0.495 e. The highest BCUT2D eigenvalue weighted by atomic mass is 32.2. The van der Waals surface area contributed by atoms with Gasteiger partial charge in [-0.3, -0.25) is 0 Å². The summed E-state index contributed by atoms with van der Waals surface area (Å²) >= 11 is 1.62. The van der Waals surface area contributed by atoms with Crippen LogP contribution in [0.2, 0.25) is 0 Å². The molecule has 0 bridgehead atoms. The molecule has 1 fully saturated rings. The summed E-state index contributed by atoms with van der Waals surface area (Å²) in [6.45, 7) is 2.71. The Hall–Kier alpha value is -2.84. The van der Waals surface area contributed by atoms with Crippen molar-refractivity contribution in [3.8, 4) is 16.2 Å². The van der Waals surface area contributed by atoms with Crippen LogP contribution in [0.5, 0.6) is 5.75 Å². The van der Waals surface area contributed by atoms with E-state index in [9.17, 15) is 13.2 Å². The van der Waals surface area contributed by atoms with Gasteiger partial charge in [-0.15, -0.1) is 11.3 Å². The molecule has 2 amide bonds. The lowest BCUT2D eigenvalue weighted by molar-refractivity contribution is 0.200. The number of rotatable bonds is 5. The molecule has 1 aliphatic heterocycles. The second-order valence-corrected chi connectivity index (χ2v) is 11.0. The fourth-order valence-corrected chi connectivity index (χ4v) is 6.39. The smallest absolute Gasteiger partial charge is 0.321 e. The van der Waals surface area contributed by atoms with Gasteiger partial charge in [0.05, 0.1) is 22.9 Å². The van der Waals surface area contributed by atoms with Crippen LogP contribution < -0.4 is 10.1 Å². The third-order valence-corrected chi connectivity index (χ3v) is 8.95. The molecule has 168 valence electrons. The van der Waals surface area contributed by atoms with Crippen molar-refractivity contribution in [3.05, 3.63) is 65.5 Å². The third-order valence-electron chi connectivity index (χ3n) is 5.75. The number of urea groups is 1. The van der Waals surface area contributed by atoms with E-state index < -0.39 is 15.1 Å². The number of benzene rings is 2. The van der Waals surface area contributed by atoms with Crippen LogP contribution in [-0.2, 0) is 9.84 Å². The van der Waals surface area contributed by atoms with Gasteiger partial charge in [0.2, 0.25) is 0 Å². The van der Waals surface area contributed by atoms with E-state index in [-0.39, 0.29) is 6.03 Å². The molecule has 1 saturated heterocycles. The van der Waals surface area contributed by atoms with Gasteiger partial charge in [0.15, 0.2) is 9.84 Å². The van der Waals surface area contributed by atoms with Crippen molar-refractivity contribution in [1.82, 2.24) is 4.90 Å². The summed E-state index contributed by atoms with van der Waals surface area (Å²) in [5.41, 5.74) is 2.63. The molecule has 8 heteroatoms. The van der Waals surface area contributed by atoms with Crippen LogP contribution in [-0.4, -0.2) is 44.8 Å². The number of nitrogens with zero attached hydrogens (tertiary/aromatic N) is 1. The van der Waals surface area contributed by atoms with E-state index in [1.54, 1.807) is 35.5 Å². The van der Waals surface area contributed by atoms with Crippen molar-refractivity contribution in [2.45, 2.75) is 29.9 Å². The molecular formula is C24H26N2O4S2. The molecule has 1 aromatic heterocycles. The molecule has 3 aromatic rings. The maximum absolute atomic E-state index is 13.1. The predicted molar refractivity (Wildman–Crippen MR) is 128 cm³/mol. The molecule has 6 nitrogen and oxygen atoms in total. The van der Waals surface area contributed by atoms with Gasteiger partial charge in [0.1, 0.15) is 5.75 Å². The van der Waals surface area contributed by atoms with Crippen LogP contribution in [0.4, 0.5) is 10.5 Å². The predicted octanol–water partition coefficient (Wildman–Crippen LogP) is 5.20. The molecule has 2 heterocycles. The molecular weight excluding hydrogens is 444 g/mol. The van der Waals surface area contributed by atoms with Crippen LogP contribution in [0, 0.1) is 6.92 Å². The molecule has 0 spiro atoms. The lowest BCUT2D eigenvalue weighted by Gasteiger charge is -2.32. The number of nitrogens with one attached hydrogen (secondary N) is 1. The summed E-state index contributed by atoms with van der Waals surface area (Å²) in [7, 11) is -1.89. The first kappa shape index (κ1) is 22.4. The number of carbonyl (C=O) groups excluding carboxylic acids is 1. The van der Waals surface area contributed by atoms with Gasteiger partial charge in [0, 0.05) is 18.0 Å². The average Bonchev–Trinajstić information content (AvgIpc) is 3.34. The number of ether oxygens (including phenoxy) is 1. The van der Waals surface area contributed by atoms with Gasteiger partial charge < -0.3 is 15.0 Å². The Bertz CT molecular complexity index is 1180. The Labute approximate surface area is 192 Å². The lowest BCUT2D eigenvalue weighted by atomic mass is 10.1. The Morgan fingerprint density at radius 1 is 1.09 bits per heavy atom. The molecule has 1 N–H and O–H groups in total. The minimum Gasteiger partial charge on any atom is -0.495 e. The number of hydrogen-bond donors (Lipinski definition) is 1. The van der Waals surface area contributed by atoms with E-state index in [0.717, 1.165) is 16.0 Å². The number of aryl methyl sites for hydroxylation is 1. The fourth-order valence-electron chi connectivity index (χ4n) is 3.93. The molecule has 0 aliphatic carbocycles. The second kappa shape index (κ2) is 9.34. The van der Waals surface area contributed by atoms with Crippen molar-refractivity contribution >= 4 is 32.9 Å². The first-order chi connectivity index (χ1) is 15.4. The summed E-state index contributed by atoms with van der Waals surface area (Å²) in [6.07, 6.45) is 0.820. The molecule has 0 radical (unpaired) electrons. The van der Waals surface area contributed by atoms with Crippen molar-refractivity contribution in [3.63, 3.8) is 0 Å². The summed E-state index contributed by atoms with van der Waals surface area (Å²) in [4.78, 5) is 15.8. The van der Waals surface area contributed by atoms with E-state index >= 15 is 0 Å². The molecule has 2 aromatic carbocycles. The van der Waals surface area contributed by atoms with Crippen LogP contribution >= 0.6 is 11.3 Å². The minimum atomic E-state index is -3.45. The van der Waals surface area contributed by atoms with E-state index in [1.807, 2.05) is 54.8 Å². The number of likely N-dealkylation sites (tertiary alicyclic amines) is 1. The van der Waals surface area contributed by atoms with Gasteiger partial charge in [-0.05, 0) is 66.6 Å². The standard InChI is InChI=1S/C24H26N2O4S2/c1-17-5-10-22(30-2)21(16-17)25-24(27)26-13-11-20(12-14-26)32(28,29)19-8-6-18(7-9-19)23-4-3-15-31-23/h3-10,15-16,20H,11-14H2,1-2H3,(H,25,27). The first-order valence-electron chi connectivity index (χ1n) is 10.5. The van der Waals surface area contributed by atoms with Crippen molar-refractivity contribution < 1.29 is 17.9 Å². The van der Waals surface area contributed by atoms with Gasteiger partial charge in [-0.25, -0.2) is 13.2 Å². The summed E-state index contributed by atoms with van der Waals surface area (Å²) < 4.78 is 31.6. The Morgan fingerprint density at radius 2 is 1.81 bits per heavy atom. The normalized spacial score (nSPS) is 14.9. The van der Waals surface area contributed by atoms with Gasteiger partial charge in [0.25, 0.3) is 0 Å². The maximum atomic E-state index is 13.1. The van der Waals surface area contributed by atoms with Crippen molar-refractivity contribution in [2.75, 3.05) is 25.5 Å². The van der Waals surface area contributed by atoms with Crippen LogP contribution in [0.25, 0.3) is 10.4 Å². The van der Waals surface area contributed by atoms with E-state index in [4.69, 9.17) is 4.74 Å². The zero-order chi connectivity index (χ0) is 22.7. The zero-order valence-electron chi connectivity index (χ0n) is 18.1. The molecule has 1 aliphatic rings. The highest BCUT2D eigenvalue weighted by Crippen LogP contribution is 2.30. The van der Waals surface area contributed by atoms with Gasteiger partial charge in [-0.2, -0.15) is 0 Å². The van der Waals surface area contributed by atoms with Crippen LogP contribution in [0.3, 0.4) is 0 Å². The molecule has 0 unspecified atom stereocenters. The van der Waals surface area contributed by atoms with Crippen LogP contribution in [0.15, 0.2) is 64.9 Å². The Kier molecular flexibility index (Phi) is 6.53. The topological polar surface area (TPSA) is 75.7 Å². The average molecular weight is 471 g/mol. The van der Waals surface area contributed by atoms with E-state index in [0.29, 0.717) is 42.3 Å². The zero-order valence-corrected chi connectivity index (χ0v) is 19.7. The highest BCUT2D eigenvalue weighted by Gasteiger charge is 2.33. The number of sulfone groups is 1. The number of anilines is 1. The number of piperidine rings is 1. The quantitative estimate of drug-likeness (QED) is 0.556. The summed E-state index contributed by atoms with van der Waals surface area (Å²) in [5.74, 6) is 0.590. The monoisotopic (exact) mass is 470 g/mol. The Morgan fingerprint density at radius 3 is 2.44 bits per heavy atom. The SMILES string of the molecule is COc1ccc(C)cc1NC(=O)N1CCC(S(=O)(=O)c2ccc(-c3cccs3)cc2)CC1. The Balaban J connectivity index is 1.39. The summed E-state index contributed by atoms with van der Waals surface area (Å²) in [5, 5.41) is 4.40. The van der Waals surface area contributed by atoms with Crippen molar-refractivity contribution in [1.29, 1.82) is 0 Å². The molecule has 0 saturated carbocycles. The highest BCUT2D eigenvalue weighted by molar-refractivity contribution is 7.92. The lowest BCUT2D eigenvalue weighted by Crippen LogP contribution is -2.44. The van der Waals surface area contributed by atoms with Gasteiger partial charge >= 0.3 is 6.03 Å². The number of hydrogen-bond acceptors (Lipinski definition) is 5. The van der Waals surface area contributed by atoms with Crippen LogP contribution in [0.1, 0.15) is 18.4 Å². The fraction of sp³-hybridized carbons (Fsp3) is 0.292. The number of carbonyl (C=O) groups is 1. The van der Waals surface area contributed by atoms with E-state index in [1.165, 1.54) is 0 Å². The molecule has 4 rings (SSSR count). The minimum absolute atomic E-state index is 0.245. The van der Waals surface area contributed by atoms with Crippen molar-refractivity contribution in [2.24, 2.45) is 0 Å². The first-order valence-corrected chi connectivity index (χ1v) is 12.9. The number of thiophene rings is 1. The second-order valence-electron chi connectivity index (χ2n) is 7.87. The van der Waals surface area contributed by atoms with Gasteiger partial charge in [-0.1, -0.05) is 24.3 Å². The third kappa shape index (κ3) is 4.66.